The molecule has 32 heavy (non-hydrogen) atoms. The molecule has 1 aliphatic rings. The first kappa shape index (κ1) is 20.7. The molecular formula is C27H26N2O2S. The predicted octanol–water partition coefficient (Wildman–Crippen LogP) is 6.44. The number of ether oxygens (including phenoxy) is 1. The summed E-state index contributed by atoms with van der Waals surface area (Å²) in [6, 6.07) is 22.8. The molecule has 1 atom stereocenters. The van der Waals surface area contributed by atoms with E-state index >= 15 is 0 Å². The molecule has 3 aromatic carbocycles. The SMILES string of the molecule is COc1ccc2c(Sc3ccc(C)cc3)c(C(=O)N[C@H]3CCCc4ccccc43)[nH]c2c1. The third-order valence-corrected chi connectivity index (χ3v) is 7.24. The maximum Gasteiger partial charge on any atom is 0.269 e. The summed E-state index contributed by atoms with van der Waals surface area (Å²) >= 11 is 1.62. The van der Waals surface area contributed by atoms with Gasteiger partial charge in [0, 0.05) is 16.3 Å². The second-order valence-electron chi connectivity index (χ2n) is 8.27. The number of rotatable bonds is 5. The van der Waals surface area contributed by atoms with Crippen molar-refractivity contribution in [2.45, 2.75) is 42.0 Å². The van der Waals surface area contributed by atoms with Crippen molar-refractivity contribution < 1.29 is 9.53 Å². The van der Waals surface area contributed by atoms with Crippen LogP contribution in [0.3, 0.4) is 0 Å². The summed E-state index contributed by atoms with van der Waals surface area (Å²) in [7, 11) is 1.65. The number of amides is 1. The number of aromatic amines is 1. The number of nitrogens with one attached hydrogen (secondary N) is 2. The summed E-state index contributed by atoms with van der Waals surface area (Å²) in [6.45, 7) is 2.08. The predicted molar refractivity (Wildman–Crippen MR) is 130 cm³/mol. The Bertz CT molecular complexity index is 1280. The van der Waals surface area contributed by atoms with Gasteiger partial charge in [-0.1, -0.05) is 53.7 Å². The van der Waals surface area contributed by atoms with Crippen molar-refractivity contribution in [3.63, 3.8) is 0 Å². The Hall–Kier alpha value is -3.18. The van der Waals surface area contributed by atoms with Gasteiger partial charge in [-0.05, 0) is 61.6 Å². The highest BCUT2D eigenvalue weighted by Crippen LogP contribution is 2.38. The maximum atomic E-state index is 13.5. The fourth-order valence-electron chi connectivity index (χ4n) is 4.40. The first-order valence-corrected chi connectivity index (χ1v) is 11.8. The molecule has 5 heteroatoms. The minimum absolute atomic E-state index is 0.0330. The molecule has 0 unspecified atom stereocenters. The van der Waals surface area contributed by atoms with Crippen LogP contribution in [0.4, 0.5) is 0 Å². The number of hydrogen-bond donors (Lipinski definition) is 2. The van der Waals surface area contributed by atoms with Crippen LogP contribution in [-0.4, -0.2) is 18.0 Å². The number of methoxy groups -OCH3 is 1. The van der Waals surface area contributed by atoms with Crippen LogP contribution in [0.1, 0.15) is 46.1 Å². The van der Waals surface area contributed by atoms with Crippen molar-refractivity contribution in [2.24, 2.45) is 0 Å². The first-order valence-electron chi connectivity index (χ1n) is 11.0. The van der Waals surface area contributed by atoms with E-state index in [0.717, 1.165) is 45.7 Å². The third-order valence-electron chi connectivity index (χ3n) is 6.10. The molecule has 4 aromatic rings. The van der Waals surface area contributed by atoms with E-state index in [9.17, 15) is 4.79 Å². The Labute approximate surface area is 192 Å². The van der Waals surface area contributed by atoms with Crippen LogP contribution in [-0.2, 0) is 6.42 Å². The van der Waals surface area contributed by atoms with Crippen LogP contribution in [0.5, 0.6) is 5.75 Å². The molecular weight excluding hydrogens is 416 g/mol. The molecule has 1 heterocycles. The zero-order valence-corrected chi connectivity index (χ0v) is 19.1. The summed E-state index contributed by atoms with van der Waals surface area (Å²) < 4.78 is 5.40. The minimum Gasteiger partial charge on any atom is -0.497 e. The number of fused-ring (bicyclic) bond motifs is 2. The van der Waals surface area contributed by atoms with E-state index in [0.29, 0.717) is 5.69 Å². The first-order chi connectivity index (χ1) is 15.6. The smallest absolute Gasteiger partial charge is 0.269 e. The van der Waals surface area contributed by atoms with Crippen LogP contribution in [0.25, 0.3) is 10.9 Å². The van der Waals surface area contributed by atoms with Crippen molar-refractivity contribution in [2.75, 3.05) is 7.11 Å². The molecule has 4 nitrogen and oxygen atoms in total. The number of carbonyl (C=O) groups is 1. The fraction of sp³-hybridized carbons (Fsp3) is 0.222. The summed E-state index contributed by atoms with van der Waals surface area (Å²) in [4.78, 5) is 18.9. The lowest BCUT2D eigenvalue weighted by atomic mass is 9.87. The second-order valence-corrected chi connectivity index (χ2v) is 9.36. The molecule has 0 bridgehead atoms. The largest absolute Gasteiger partial charge is 0.497 e. The van der Waals surface area contributed by atoms with E-state index in [2.05, 4.69) is 65.8 Å². The van der Waals surface area contributed by atoms with E-state index in [-0.39, 0.29) is 11.9 Å². The number of H-pyrrole nitrogens is 1. The van der Waals surface area contributed by atoms with Crippen molar-refractivity contribution in [3.8, 4) is 5.75 Å². The molecule has 0 fully saturated rings. The highest BCUT2D eigenvalue weighted by atomic mass is 32.2. The Morgan fingerprint density at radius 1 is 1.09 bits per heavy atom. The molecule has 0 aliphatic heterocycles. The lowest BCUT2D eigenvalue weighted by Gasteiger charge is -2.26. The summed E-state index contributed by atoms with van der Waals surface area (Å²) in [6.07, 6.45) is 3.11. The quantitative estimate of drug-likeness (QED) is 0.374. The molecule has 2 N–H and O–H groups in total. The Kier molecular flexibility index (Phi) is 5.66. The zero-order valence-electron chi connectivity index (χ0n) is 18.3. The normalized spacial score (nSPS) is 15.4. The summed E-state index contributed by atoms with van der Waals surface area (Å²) in [5.74, 6) is 0.690. The van der Waals surface area contributed by atoms with Crippen LogP contribution in [0.15, 0.2) is 76.5 Å². The molecule has 0 saturated heterocycles. The van der Waals surface area contributed by atoms with Crippen LogP contribution in [0.2, 0.25) is 0 Å². The topological polar surface area (TPSA) is 54.1 Å². The van der Waals surface area contributed by atoms with Gasteiger partial charge in [0.2, 0.25) is 0 Å². The highest BCUT2D eigenvalue weighted by molar-refractivity contribution is 7.99. The zero-order chi connectivity index (χ0) is 22.1. The minimum atomic E-state index is -0.0727. The Morgan fingerprint density at radius 3 is 2.72 bits per heavy atom. The van der Waals surface area contributed by atoms with E-state index in [1.807, 2.05) is 18.2 Å². The monoisotopic (exact) mass is 442 g/mol. The van der Waals surface area contributed by atoms with Gasteiger partial charge in [-0.15, -0.1) is 0 Å². The average molecular weight is 443 g/mol. The van der Waals surface area contributed by atoms with E-state index < -0.39 is 0 Å². The lowest BCUT2D eigenvalue weighted by Crippen LogP contribution is -2.31. The van der Waals surface area contributed by atoms with Gasteiger partial charge < -0.3 is 15.0 Å². The average Bonchev–Trinajstić information content (AvgIpc) is 3.18. The van der Waals surface area contributed by atoms with E-state index in [1.54, 1.807) is 18.9 Å². The number of aryl methyl sites for hydroxylation is 2. The fourth-order valence-corrected chi connectivity index (χ4v) is 5.44. The standard InChI is InChI=1S/C27H26N2O2S/c1-17-10-13-20(14-11-17)32-26-22-15-12-19(31-2)16-24(22)28-25(26)27(30)29-23-9-5-7-18-6-3-4-8-21(18)23/h3-4,6,8,10-16,23,28H,5,7,9H2,1-2H3,(H,29,30)/t23-/m0/s1. The number of benzene rings is 3. The maximum absolute atomic E-state index is 13.5. The van der Waals surface area contributed by atoms with Gasteiger partial charge >= 0.3 is 0 Å². The molecule has 1 aromatic heterocycles. The molecule has 0 spiro atoms. The lowest BCUT2D eigenvalue weighted by molar-refractivity contribution is 0.0925. The molecule has 0 saturated carbocycles. The van der Waals surface area contributed by atoms with Crippen molar-refractivity contribution >= 4 is 28.6 Å². The van der Waals surface area contributed by atoms with Crippen LogP contribution >= 0.6 is 11.8 Å². The molecule has 1 aliphatic carbocycles. The van der Waals surface area contributed by atoms with Crippen molar-refractivity contribution in [1.82, 2.24) is 10.3 Å². The van der Waals surface area contributed by atoms with E-state index in [4.69, 9.17) is 4.74 Å². The molecule has 0 radical (unpaired) electrons. The van der Waals surface area contributed by atoms with Gasteiger partial charge in [-0.3, -0.25) is 4.79 Å². The molecule has 5 rings (SSSR count). The van der Waals surface area contributed by atoms with Crippen molar-refractivity contribution in [3.05, 3.63) is 89.1 Å². The van der Waals surface area contributed by atoms with Crippen LogP contribution in [0, 0.1) is 6.92 Å². The van der Waals surface area contributed by atoms with Crippen LogP contribution < -0.4 is 10.1 Å². The second kappa shape index (κ2) is 8.75. The number of carbonyl (C=O) groups excluding carboxylic acids is 1. The van der Waals surface area contributed by atoms with Gasteiger partial charge in [0.05, 0.1) is 23.6 Å². The Morgan fingerprint density at radius 2 is 1.91 bits per heavy atom. The summed E-state index contributed by atoms with van der Waals surface area (Å²) in [5, 5.41) is 4.32. The number of hydrogen-bond acceptors (Lipinski definition) is 3. The van der Waals surface area contributed by atoms with Gasteiger partial charge in [-0.25, -0.2) is 0 Å². The number of aromatic nitrogens is 1. The van der Waals surface area contributed by atoms with E-state index in [1.165, 1.54) is 16.7 Å². The van der Waals surface area contributed by atoms with Gasteiger partial charge in [0.15, 0.2) is 0 Å². The Balaban J connectivity index is 1.52. The highest BCUT2D eigenvalue weighted by Gasteiger charge is 2.25. The van der Waals surface area contributed by atoms with Crippen molar-refractivity contribution in [1.29, 1.82) is 0 Å². The van der Waals surface area contributed by atoms with Gasteiger partial charge in [0.25, 0.3) is 5.91 Å². The third kappa shape index (κ3) is 4.00. The molecule has 162 valence electrons. The molecule has 1 amide bonds. The van der Waals surface area contributed by atoms with Gasteiger partial charge in [-0.2, -0.15) is 0 Å². The van der Waals surface area contributed by atoms with Gasteiger partial charge in [0.1, 0.15) is 11.4 Å². The summed E-state index contributed by atoms with van der Waals surface area (Å²) in [5.41, 5.74) is 5.28.